The van der Waals surface area contributed by atoms with Crippen molar-refractivity contribution in [3.63, 3.8) is 0 Å². The van der Waals surface area contributed by atoms with Crippen LogP contribution in [-0.2, 0) is 9.59 Å². The first-order valence-electron chi connectivity index (χ1n) is 9.09. The number of amides is 2. The van der Waals surface area contributed by atoms with Gasteiger partial charge in [-0.2, -0.15) is 0 Å². The number of anilines is 1. The van der Waals surface area contributed by atoms with Crippen LogP contribution in [0.3, 0.4) is 0 Å². The van der Waals surface area contributed by atoms with Gasteiger partial charge in [-0.1, -0.05) is 66.5 Å². The number of aromatic hydroxyl groups is 1. The molecule has 0 unspecified atom stereocenters. The van der Waals surface area contributed by atoms with Crippen molar-refractivity contribution in [2.45, 2.75) is 12.8 Å². The maximum Gasteiger partial charge on any atom is 0.266 e. The van der Waals surface area contributed by atoms with Crippen LogP contribution in [0.4, 0.5) is 5.69 Å². The molecule has 7 heteroatoms. The minimum Gasteiger partial charge on any atom is -0.508 e. The summed E-state index contributed by atoms with van der Waals surface area (Å²) in [6.07, 6.45) is 6.31. The normalized spacial score (nSPS) is 15.4. The molecule has 2 amide bonds. The van der Waals surface area contributed by atoms with Crippen LogP contribution >= 0.6 is 24.0 Å². The summed E-state index contributed by atoms with van der Waals surface area (Å²) in [5.41, 5.74) is 1.67. The molecule has 1 saturated heterocycles. The lowest BCUT2D eigenvalue weighted by molar-refractivity contribution is -0.122. The fourth-order valence-electron chi connectivity index (χ4n) is 2.68. The number of phenols is 1. The van der Waals surface area contributed by atoms with E-state index >= 15 is 0 Å². The number of hydrogen-bond donors (Lipinski definition) is 2. The van der Waals surface area contributed by atoms with Crippen LogP contribution in [0.2, 0.25) is 0 Å². The standard InChI is InChI=1S/C22H20N2O3S2/c25-18-13-11-17(12-14-18)23-20(26)10-5-15-24-21(27)19(29-22(24)28)9-4-8-16-6-2-1-3-7-16/h1-4,6-9,11-14,25H,5,10,15H2,(H,23,26). The Kier molecular flexibility index (Phi) is 7.21. The van der Waals surface area contributed by atoms with Gasteiger partial charge in [0.25, 0.3) is 5.91 Å². The number of carbonyl (C=O) groups is 2. The Balaban J connectivity index is 1.48. The number of nitrogens with zero attached hydrogens (tertiary/aromatic N) is 1. The summed E-state index contributed by atoms with van der Waals surface area (Å²) in [6, 6.07) is 16.1. The van der Waals surface area contributed by atoms with E-state index in [4.69, 9.17) is 12.2 Å². The number of allylic oxidation sites excluding steroid dienone is 2. The summed E-state index contributed by atoms with van der Waals surface area (Å²) < 4.78 is 0.508. The average molecular weight is 425 g/mol. The smallest absolute Gasteiger partial charge is 0.266 e. The predicted octanol–water partition coefficient (Wildman–Crippen LogP) is 4.57. The van der Waals surface area contributed by atoms with Crippen LogP contribution in [0.5, 0.6) is 5.75 Å². The topological polar surface area (TPSA) is 69.6 Å². The maximum atomic E-state index is 12.5. The van der Waals surface area contributed by atoms with Gasteiger partial charge in [0.05, 0.1) is 4.91 Å². The summed E-state index contributed by atoms with van der Waals surface area (Å²) in [7, 11) is 0. The molecule has 2 N–H and O–H groups in total. The van der Waals surface area contributed by atoms with Crippen molar-refractivity contribution in [1.82, 2.24) is 4.90 Å². The Morgan fingerprint density at radius 2 is 1.86 bits per heavy atom. The predicted molar refractivity (Wildman–Crippen MR) is 121 cm³/mol. The first-order valence-corrected chi connectivity index (χ1v) is 10.3. The molecular formula is C22H20N2O3S2. The zero-order valence-corrected chi connectivity index (χ0v) is 17.2. The van der Waals surface area contributed by atoms with Crippen LogP contribution in [0.15, 0.2) is 71.7 Å². The summed E-state index contributed by atoms with van der Waals surface area (Å²) in [4.78, 5) is 26.7. The second-order valence-corrected chi connectivity index (χ2v) is 8.00. The summed E-state index contributed by atoms with van der Waals surface area (Å²) >= 11 is 6.59. The quantitative estimate of drug-likeness (QED) is 0.387. The molecule has 0 bridgehead atoms. The van der Waals surface area contributed by atoms with Gasteiger partial charge in [-0.3, -0.25) is 14.5 Å². The number of nitrogens with one attached hydrogen (secondary N) is 1. The third-order valence-corrected chi connectivity index (χ3v) is 5.54. The lowest BCUT2D eigenvalue weighted by Crippen LogP contribution is -2.29. The molecule has 2 aromatic carbocycles. The van der Waals surface area contributed by atoms with E-state index in [0.29, 0.717) is 27.9 Å². The number of thioether (sulfide) groups is 1. The molecule has 1 aliphatic rings. The molecule has 0 atom stereocenters. The molecule has 1 heterocycles. The molecular weight excluding hydrogens is 404 g/mol. The van der Waals surface area contributed by atoms with Crippen molar-refractivity contribution in [2.75, 3.05) is 11.9 Å². The maximum absolute atomic E-state index is 12.5. The van der Waals surface area contributed by atoms with Crippen molar-refractivity contribution < 1.29 is 14.7 Å². The van der Waals surface area contributed by atoms with Crippen molar-refractivity contribution in [3.05, 3.63) is 77.2 Å². The van der Waals surface area contributed by atoms with Gasteiger partial charge in [-0.05, 0) is 42.3 Å². The lowest BCUT2D eigenvalue weighted by Gasteiger charge is -2.14. The molecule has 0 spiro atoms. The van der Waals surface area contributed by atoms with Crippen molar-refractivity contribution in [1.29, 1.82) is 0 Å². The molecule has 0 aliphatic carbocycles. The van der Waals surface area contributed by atoms with E-state index < -0.39 is 0 Å². The summed E-state index contributed by atoms with van der Waals surface area (Å²) in [5.74, 6) is -0.136. The minimum absolute atomic E-state index is 0.128. The van der Waals surface area contributed by atoms with E-state index in [-0.39, 0.29) is 24.0 Å². The van der Waals surface area contributed by atoms with Gasteiger partial charge in [-0.15, -0.1) is 0 Å². The highest BCUT2D eigenvalue weighted by Gasteiger charge is 2.31. The number of benzene rings is 2. The Bertz CT molecular complexity index is 954. The van der Waals surface area contributed by atoms with Gasteiger partial charge in [0.15, 0.2) is 0 Å². The van der Waals surface area contributed by atoms with E-state index in [1.807, 2.05) is 42.5 Å². The highest BCUT2D eigenvalue weighted by atomic mass is 32.2. The molecule has 3 rings (SSSR count). The number of phenolic OH excluding ortho intramolecular Hbond substituents is 1. The zero-order valence-electron chi connectivity index (χ0n) is 15.6. The Morgan fingerprint density at radius 3 is 2.59 bits per heavy atom. The van der Waals surface area contributed by atoms with E-state index in [2.05, 4.69) is 5.32 Å². The molecule has 2 aromatic rings. The number of carbonyl (C=O) groups excluding carboxylic acids is 2. The number of rotatable bonds is 7. The van der Waals surface area contributed by atoms with E-state index in [0.717, 1.165) is 5.56 Å². The minimum atomic E-state index is -0.150. The third kappa shape index (κ3) is 6.04. The van der Waals surface area contributed by atoms with E-state index in [9.17, 15) is 14.7 Å². The molecule has 0 saturated carbocycles. The molecule has 29 heavy (non-hydrogen) atoms. The lowest BCUT2D eigenvalue weighted by atomic mass is 10.2. The van der Waals surface area contributed by atoms with Crippen LogP contribution in [-0.4, -0.2) is 32.7 Å². The first kappa shape index (κ1) is 20.8. The summed E-state index contributed by atoms with van der Waals surface area (Å²) in [6.45, 7) is 0.396. The van der Waals surface area contributed by atoms with Crippen molar-refractivity contribution in [3.8, 4) is 5.75 Å². The van der Waals surface area contributed by atoms with Gasteiger partial charge in [0, 0.05) is 18.7 Å². The van der Waals surface area contributed by atoms with Crippen molar-refractivity contribution in [2.24, 2.45) is 0 Å². The molecule has 0 radical (unpaired) electrons. The Hall–Kier alpha value is -2.90. The molecule has 1 fully saturated rings. The van der Waals surface area contributed by atoms with Crippen LogP contribution in [0, 0.1) is 0 Å². The summed E-state index contributed by atoms with van der Waals surface area (Å²) in [5, 5.41) is 12.0. The van der Waals surface area contributed by atoms with Crippen LogP contribution in [0.25, 0.3) is 6.08 Å². The van der Waals surface area contributed by atoms with Gasteiger partial charge < -0.3 is 10.4 Å². The van der Waals surface area contributed by atoms with Gasteiger partial charge in [0.2, 0.25) is 5.91 Å². The monoisotopic (exact) mass is 424 g/mol. The third-order valence-electron chi connectivity index (χ3n) is 4.15. The van der Waals surface area contributed by atoms with Crippen LogP contribution < -0.4 is 5.32 Å². The molecule has 148 valence electrons. The van der Waals surface area contributed by atoms with Gasteiger partial charge >= 0.3 is 0 Å². The van der Waals surface area contributed by atoms with E-state index in [1.54, 1.807) is 18.2 Å². The fourth-order valence-corrected chi connectivity index (χ4v) is 3.94. The van der Waals surface area contributed by atoms with Crippen LogP contribution in [0.1, 0.15) is 18.4 Å². The van der Waals surface area contributed by atoms with Gasteiger partial charge in [-0.25, -0.2) is 0 Å². The van der Waals surface area contributed by atoms with E-state index in [1.165, 1.54) is 28.8 Å². The molecule has 1 aliphatic heterocycles. The number of thiocarbonyl (C=S) groups is 1. The number of hydrogen-bond acceptors (Lipinski definition) is 5. The fraction of sp³-hybridized carbons (Fsp3) is 0.136. The molecule has 5 nitrogen and oxygen atoms in total. The SMILES string of the molecule is O=C(CCCN1C(=O)C(=CC=Cc2ccccc2)SC1=S)Nc1ccc(O)cc1. The Morgan fingerprint density at radius 1 is 1.14 bits per heavy atom. The van der Waals surface area contributed by atoms with Gasteiger partial charge in [0.1, 0.15) is 10.1 Å². The average Bonchev–Trinajstić information content (AvgIpc) is 2.98. The molecule has 0 aromatic heterocycles. The zero-order chi connectivity index (χ0) is 20.6. The van der Waals surface area contributed by atoms with Crippen molar-refractivity contribution >= 4 is 51.9 Å². The Labute approximate surface area is 179 Å². The second kappa shape index (κ2) is 10.0. The highest BCUT2D eigenvalue weighted by Crippen LogP contribution is 2.31. The second-order valence-electron chi connectivity index (χ2n) is 6.32. The highest BCUT2D eigenvalue weighted by molar-refractivity contribution is 8.26. The first-order chi connectivity index (χ1) is 14.0. The largest absolute Gasteiger partial charge is 0.508 e.